The zero-order valence-electron chi connectivity index (χ0n) is 17.1. The SMILES string of the molecule is CC(=O)/C(CNc1nc(C)cc(Nc2cc(C3CC3)[nH]n2)n1)=C(\N)c1ccccc1. The summed E-state index contributed by atoms with van der Waals surface area (Å²) in [5.74, 6) is 2.26. The number of benzene rings is 1. The van der Waals surface area contributed by atoms with Crippen molar-refractivity contribution in [3.05, 3.63) is 65.0 Å². The highest BCUT2D eigenvalue weighted by atomic mass is 16.1. The van der Waals surface area contributed by atoms with Gasteiger partial charge in [0.1, 0.15) is 5.82 Å². The molecule has 0 bridgehead atoms. The minimum Gasteiger partial charge on any atom is -0.398 e. The summed E-state index contributed by atoms with van der Waals surface area (Å²) in [4.78, 5) is 21.1. The number of aromatic nitrogens is 4. The van der Waals surface area contributed by atoms with Crippen LogP contribution in [-0.2, 0) is 4.79 Å². The second-order valence-electron chi connectivity index (χ2n) is 7.49. The molecule has 0 unspecified atom stereocenters. The third-order valence-electron chi connectivity index (χ3n) is 4.98. The van der Waals surface area contributed by atoms with Gasteiger partial charge in [-0.1, -0.05) is 30.3 Å². The van der Waals surface area contributed by atoms with Crippen LogP contribution in [0.25, 0.3) is 5.70 Å². The van der Waals surface area contributed by atoms with Gasteiger partial charge in [0, 0.05) is 47.3 Å². The van der Waals surface area contributed by atoms with E-state index in [0.29, 0.717) is 29.0 Å². The number of Topliss-reactive ketones (excluding diaryl/α,β-unsaturated/α-hetero) is 1. The van der Waals surface area contributed by atoms with Gasteiger partial charge in [0.05, 0.1) is 0 Å². The van der Waals surface area contributed by atoms with Crippen molar-refractivity contribution >= 4 is 29.1 Å². The van der Waals surface area contributed by atoms with E-state index in [4.69, 9.17) is 5.73 Å². The number of anilines is 3. The third kappa shape index (κ3) is 4.65. The molecular formula is C22H25N7O. The lowest BCUT2D eigenvalue weighted by Crippen LogP contribution is -2.17. The molecule has 4 rings (SSSR count). The zero-order valence-corrected chi connectivity index (χ0v) is 17.1. The first-order valence-corrected chi connectivity index (χ1v) is 9.96. The number of carbonyl (C=O) groups excluding carboxylic acids is 1. The fourth-order valence-corrected chi connectivity index (χ4v) is 3.22. The minimum atomic E-state index is -0.0982. The first-order valence-electron chi connectivity index (χ1n) is 9.96. The van der Waals surface area contributed by atoms with Crippen LogP contribution in [0.4, 0.5) is 17.6 Å². The molecule has 154 valence electrons. The van der Waals surface area contributed by atoms with Crippen molar-refractivity contribution < 1.29 is 4.79 Å². The molecule has 2 heterocycles. The average Bonchev–Trinajstić information content (AvgIpc) is 3.47. The Morgan fingerprint density at radius 2 is 1.93 bits per heavy atom. The Morgan fingerprint density at radius 1 is 1.17 bits per heavy atom. The van der Waals surface area contributed by atoms with Gasteiger partial charge in [0.25, 0.3) is 0 Å². The normalized spacial score (nSPS) is 14.2. The van der Waals surface area contributed by atoms with Crippen LogP contribution in [-0.4, -0.2) is 32.5 Å². The molecular weight excluding hydrogens is 378 g/mol. The molecule has 0 atom stereocenters. The van der Waals surface area contributed by atoms with E-state index < -0.39 is 0 Å². The number of hydrogen-bond acceptors (Lipinski definition) is 7. The van der Waals surface area contributed by atoms with Crippen LogP contribution in [0.1, 0.15) is 42.6 Å². The number of rotatable bonds is 8. The molecule has 0 aliphatic heterocycles. The first-order chi connectivity index (χ1) is 14.5. The Hall–Kier alpha value is -3.68. The number of nitrogens with two attached hydrogens (primary N) is 1. The van der Waals surface area contributed by atoms with Crippen LogP contribution < -0.4 is 16.4 Å². The lowest BCUT2D eigenvalue weighted by molar-refractivity contribution is -0.113. The van der Waals surface area contributed by atoms with Gasteiger partial charge in [-0.25, -0.2) is 4.98 Å². The van der Waals surface area contributed by atoms with Crippen LogP contribution in [0.15, 0.2) is 48.0 Å². The summed E-state index contributed by atoms with van der Waals surface area (Å²) in [7, 11) is 0. The molecule has 5 N–H and O–H groups in total. The summed E-state index contributed by atoms with van der Waals surface area (Å²) >= 11 is 0. The van der Waals surface area contributed by atoms with Crippen molar-refractivity contribution in [3.63, 3.8) is 0 Å². The molecule has 1 aromatic carbocycles. The average molecular weight is 403 g/mol. The van der Waals surface area contributed by atoms with Gasteiger partial charge in [-0.2, -0.15) is 10.1 Å². The molecule has 8 nitrogen and oxygen atoms in total. The number of nitrogens with one attached hydrogen (secondary N) is 3. The van der Waals surface area contributed by atoms with Crippen LogP contribution in [0, 0.1) is 6.92 Å². The lowest BCUT2D eigenvalue weighted by Gasteiger charge is -2.12. The fraction of sp³-hybridized carbons (Fsp3) is 0.273. The molecule has 0 radical (unpaired) electrons. The molecule has 1 aliphatic rings. The maximum Gasteiger partial charge on any atom is 0.225 e. The highest BCUT2D eigenvalue weighted by Gasteiger charge is 2.25. The molecule has 3 aromatic rings. The van der Waals surface area contributed by atoms with Crippen LogP contribution >= 0.6 is 0 Å². The van der Waals surface area contributed by atoms with Crippen molar-refractivity contribution in [1.29, 1.82) is 0 Å². The highest BCUT2D eigenvalue weighted by molar-refractivity contribution is 6.01. The van der Waals surface area contributed by atoms with Gasteiger partial charge < -0.3 is 16.4 Å². The van der Waals surface area contributed by atoms with Crippen molar-refractivity contribution in [1.82, 2.24) is 20.2 Å². The van der Waals surface area contributed by atoms with E-state index in [2.05, 4.69) is 30.8 Å². The van der Waals surface area contributed by atoms with Gasteiger partial charge >= 0.3 is 0 Å². The second-order valence-corrected chi connectivity index (χ2v) is 7.49. The number of ketones is 1. The molecule has 8 heteroatoms. The molecule has 30 heavy (non-hydrogen) atoms. The molecule has 1 fully saturated rings. The lowest BCUT2D eigenvalue weighted by atomic mass is 10.0. The maximum atomic E-state index is 12.2. The van der Waals surface area contributed by atoms with E-state index in [1.807, 2.05) is 49.4 Å². The maximum absolute atomic E-state index is 12.2. The van der Waals surface area contributed by atoms with E-state index in [0.717, 1.165) is 22.8 Å². The first kappa shape index (κ1) is 19.6. The van der Waals surface area contributed by atoms with Crippen molar-refractivity contribution in [2.45, 2.75) is 32.6 Å². The summed E-state index contributed by atoms with van der Waals surface area (Å²) in [6.45, 7) is 3.62. The van der Waals surface area contributed by atoms with Crippen molar-refractivity contribution in [2.24, 2.45) is 5.73 Å². The Kier molecular flexibility index (Phi) is 5.47. The van der Waals surface area contributed by atoms with Crippen molar-refractivity contribution in [2.75, 3.05) is 17.2 Å². The minimum absolute atomic E-state index is 0.0982. The Morgan fingerprint density at radius 3 is 2.63 bits per heavy atom. The molecule has 2 aromatic heterocycles. The predicted molar refractivity (Wildman–Crippen MR) is 117 cm³/mol. The highest BCUT2D eigenvalue weighted by Crippen LogP contribution is 2.39. The molecule has 1 saturated carbocycles. The Labute approximate surface area is 175 Å². The molecule has 0 spiro atoms. The van der Waals surface area contributed by atoms with Gasteiger partial charge in [-0.3, -0.25) is 9.89 Å². The van der Waals surface area contributed by atoms with Crippen LogP contribution in [0.2, 0.25) is 0 Å². The summed E-state index contributed by atoms with van der Waals surface area (Å²) in [6, 6.07) is 13.3. The van der Waals surface area contributed by atoms with Gasteiger partial charge in [-0.05, 0) is 32.3 Å². The number of hydrogen-bond donors (Lipinski definition) is 4. The largest absolute Gasteiger partial charge is 0.398 e. The quantitative estimate of drug-likeness (QED) is 0.425. The van der Waals surface area contributed by atoms with Crippen molar-refractivity contribution in [3.8, 4) is 0 Å². The summed E-state index contributed by atoms with van der Waals surface area (Å²) in [6.07, 6.45) is 2.42. The third-order valence-corrected chi connectivity index (χ3v) is 4.98. The van der Waals surface area contributed by atoms with E-state index in [9.17, 15) is 4.79 Å². The Bertz CT molecular complexity index is 1080. The fourth-order valence-electron chi connectivity index (χ4n) is 3.22. The van der Waals surface area contributed by atoms with E-state index in [1.165, 1.54) is 19.8 Å². The molecule has 0 amide bonds. The molecule has 1 aliphatic carbocycles. The number of carbonyl (C=O) groups is 1. The van der Waals surface area contributed by atoms with Gasteiger partial charge in [-0.15, -0.1) is 0 Å². The smallest absolute Gasteiger partial charge is 0.225 e. The summed E-state index contributed by atoms with van der Waals surface area (Å²) in [5.41, 5.74) is 9.93. The van der Waals surface area contributed by atoms with E-state index in [1.54, 1.807) is 0 Å². The van der Waals surface area contributed by atoms with Crippen LogP contribution in [0.3, 0.4) is 0 Å². The summed E-state index contributed by atoms with van der Waals surface area (Å²) in [5, 5.41) is 13.7. The molecule has 0 saturated heterocycles. The standard InChI is InChI=1S/C22H25N7O/c1-13-10-19(26-20-11-18(28-29-20)15-8-9-15)27-22(25-13)24-12-17(14(2)30)21(23)16-6-4-3-5-7-16/h3-7,10-11,15H,8-9,12,23H2,1-2H3,(H3,24,25,26,27,28,29)/b21-17-. The predicted octanol–water partition coefficient (Wildman–Crippen LogP) is 3.50. The Balaban J connectivity index is 1.50. The van der Waals surface area contributed by atoms with E-state index >= 15 is 0 Å². The number of aryl methyl sites for hydroxylation is 1. The number of nitrogens with zero attached hydrogens (tertiary/aromatic N) is 3. The second kappa shape index (κ2) is 8.36. The van der Waals surface area contributed by atoms with Crippen LogP contribution in [0.5, 0.6) is 0 Å². The summed E-state index contributed by atoms with van der Waals surface area (Å²) < 4.78 is 0. The number of H-pyrrole nitrogens is 1. The topological polar surface area (TPSA) is 122 Å². The van der Waals surface area contributed by atoms with Gasteiger partial charge in [0.2, 0.25) is 5.95 Å². The van der Waals surface area contributed by atoms with Gasteiger partial charge in [0.15, 0.2) is 11.6 Å². The monoisotopic (exact) mass is 403 g/mol. The van der Waals surface area contributed by atoms with E-state index in [-0.39, 0.29) is 12.3 Å². The number of aromatic amines is 1. The zero-order chi connectivity index (χ0) is 21.1.